The highest BCUT2D eigenvalue weighted by molar-refractivity contribution is 7.94. The molecule has 0 saturated carbocycles. The van der Waals surface area contributed by atoms with Gasteiger partial charge < -0.3 is 10.1 Å². The van der Waals surface area contributed by atoms with Crippen LogP contribution in [0.3, 0.4) is 0 Å². The van der Waals surface area contributed by atoms with Crippen LogP contribution in [0, 0.1) is 5.82 Å². The fourth-order valence-corrected chi connectivity index (χ4v) is 4.67. The molecule has 2 N–H and O–H groups in total. The molecule has 3 rings (SSSR count). The van der Waals surface area contributed by atoms with Gasteiger partial charge in [-0.05, 0) is 60.8 Å². The number of hydrogen-bond acceptors (Lipinski definition) is 6. The Balaban J connectivity index is 1.60. The molecule has 1 unspecified atom stereocenters. The van der Waals surface area contributed by atoms with Crippen LogP contribution < -0.4 is 10.0 Å². The van der Waals surface area contributed by atoms with E-state index in [0.29, 0.717) is 0 Å². The lowest BCUT2D eigenvalue weighted by atomic mass is 10.2. The summed E-state index contributed by atoms with van der Waals surface area (Å²) in [5.74, 6) is -1.98. The first kappa shape index (κ1) is 22.7. The lowest BCUT2D eigenvalue weighted by Crippen LogP contribution is -2.30. The van der Waals surface area contributed by atoms with Crippen LogP contribution in [0.25, 0.3) is 0 Å². The lowest BCUT2D eigenvalue weighted by Gasteiger charge is -2.14. The zero-order valence-electron chi connectivity index (χ0n) is 16.0. The van der Waals surface area contributed by atoms with Gasteiger partial charge in [-0.1, -0.05) is 17.7 Å². The molecule has 1 heterocycles. The minimum absolute atomic E-state index is 0.00691. The summed E-state index contributed by atoms with van der Waals surface area (Å²) < 4.78 is 45.2. The summed E-state index contributed by atoms with van der Waals surface area (Å²) in [5.41, 5.74) is 0.568. The molecule has 0 fully saturated rings. The van der Waals surface area contributed by atoms with Crippen molar-refractivity contribution < 1.29 is 27.1 Å². The smallest absolute Gasteiger partial charge is 0.338 e. The number of halogens is 2. The van der Waals surface area contributed by atoms with Crippen LogP contribution in [-0.2, 0) is 19.6 Å². The first-order chi connectivity index (χ1) is 14.7. The van der Waals surface area contributed by atoms with Crippen molar-refractivity contribution in [3.63, 3.8) is 0 Å². The Morgan fingerprint density at radius 1 is 1.13 bits per heavy atom. The van der Waals surface area contributed by atoms with Crippen LogP contribution >= 0.6 is 22.9 Å². The van der Waals surface area contributed by atoms with E-state index in [2.05, 4.69) is 10.0 Å². The van der Waals surface area contributed by atoms with Gasteiger partial charge in [-0.15, -0.1) is 11.3 Å². The minimum Gasteiger partial charge on any atom is -0.449 e. The van der Waals surface area contributed by atoms with Crippen LogP contribution in [0.5, 0.6) is 0 Å². The molecule has 0 aliphatic heterocycles. The van der Waals surface area contributed by atoms with Gasteiger partial charge >= 0.3 is 5.97 Å². The van der Waals surface area contributed by atoms with Crippen molar-refractivity contribution >= 4 is 56.2 Å². The Morgan fingerprint density at radius 3 is 2.45 bits per heavy atom. The molecule has 11 heteroatoms. The third-order valence-electron chi connectivity index (χ3n) is 3.97. The number of anilines is 2. The Hall–Kier alpha value is -2.95. The van der Waals surface area contributed by atoms with Crippen LogP contribution in [0.2, 0.25) is 5.02 Å². The third-order valence-corrected chi connectivity index (χ3v) is 7.07. The predicted molar refractivity (Wildman–Crippen MR) is 116 cm³/mol. The second kappa shape index (κ2) is 9.46. The van der Waals surface area contributed by atoms with E-state index in [1.807, 2.05) is 0 Å². The molecule has 1 amide bonds. The molecule has 1 atom stereocenters. The molecule has 0 bridgehead atoms. The number of nitrogens with one attached hydrogen (secondary N) is 2. The summed E-state index contributed by atoms with van der Waals surface area (Å²) in [6.07, 6.45) is -1.16. The molecule has 1 aromatic heterocycles. The second-order valence-corrected chi connectivity index (χ2v) is 9.54. The predicted octanol–water partition coefficient (Wildman–Crippen LogP) is 4.53. The number of carbonyl (C=O) groups is 2. The first-order valence-electron chi connectivity index (χ1n) is 8.79. The zero-order chi connectivity index (χ0) is 22.6. The fraction of sp³-hybridized carbons (Fsp3) is 0.100. The number of sulfonamides is 1. The van der Waals surface area contributed by atoms with Crippen LogP contribution in [-0.4, -0.2) is 26.4 Å². The molecule has 7 nitrogen and oxygen atoms in total. The fourth-order valence-electron chi connectivity index (χ4n) is 2.40. The summed E-state index contributed by atoms with van der Waals surface area (Å²) in [6, 6.07) is 12.1. The number of amides is 1. The number of benzene rings is 2. The van der Waals surface area contributed by atoms with E-state index >= 15 is 0 Å². The molecule has 0 saturated heterocycles. The summed E-state index contributed by atoms with van der Waals surface area (Å²) in [4.78, 5) is 24.5. The van der Waals surface area contributed by atoms with Gasteiger partial charge in [0.15, 0.2) is 6.10 Å². The van der Waals surface area contributed by atoms with Crippen molar-refractivity contribution in [3.8, 4) is 0 Å². The number of ether oxygens (including phenoxy) is 1. The van der Waals surface area contributed by atoms with Gasteiger partial charge in [0, 0.05) is 5.69 Å². The van der Waals surface area contributed by atoms with Gasteiger partial charge in [-0.2, -0.15) is 0 Å². The third kappa shape index (κ3) is 5.81. The van der Waals surface area contributed by atoms with Gasteiger partial charge in [-0.25, -0.2) is 17.6 Å². The SMILES string of the molecule is CC(OC(=O)c1ccc(NS(=O)(=O)c2cccs2)cc1)C(=O)Nc1ccc(F)cc1Cl. The van der Waals surface area contributed by atoms with E-state index in [1.165, 1.54) is 43.3 Å². The normalized spacial score (nSPS) is 12.1. The van der Waals surface area contributed by atoms with Gasteiger partial charge in [0.1, 0.15) is 10.0 Å². The summed E-state index contributed by atoms with van der Waals surface area (Å²) >= 11 is 6.94. The Bertz CT molecular complexity index is 1200. The van der Waals surface area contributed by atoms with E-state index in [0.717, 1.165) is 23.5 Å². The Kier molecular flexibility index (Phi) is 6.94. The highest BCUT2D eigenvalue weighted by atomic mass is 35.5. The standard InChI is InChI=1S/C20H16ClFN2O5S2/c1-12(19(25)23-17-9-6-14(22)11-16(17)21)29-20(26)13-4-7-15(8-5-13)24-31(27,28)18-3-2-10-30-18/h2-12,24H,1H3,(H,23,25). The summed E-state index contributed by atoms with van der Waals surface area (Å²) in [5, 5.41) is 4.11. The quantitative estimate of drug-likeness (QED) is 0.482. The molecular weight excluding hydrogens is 467 g/mol. The van der Waals surface area contributed by atoms with Crippen molar-refractivity contribution in [3.05, 3.63) is 76.4 Å². The zero-order valence-corrected chi connectivity index (χ0v) is 18.4. The van der Waals surface area contributed by atoms with E-state index in [4.69, 9.17) is 16.3 Å². The van der Waals surface area contributed by atoms with Crippen molar-refractivity contribution in [1.29, 1.82) is 0 Å². The van der Waals surface area contributed by atoms with Crippen molar-refractivity contribution in [2.24, 2.45) is 0 Å². The van der Waals surface area contributed by atoms with Crippen molar-refractivity contribution in [2.45, 2.75) is 17.2 Å². The molecule has 0 spiro atoms. The molecule has 3 aromatic rings. The van der Waals surface area contributed by atoms with Crippen LogP contribution in [0.4, 0.5) is 15.8 Å². The molecule has 0 aliphatic rings. The Labute approximate surface area is 186 Å². The minimum atomic E-state index is -3.70. The van der Waals surface area contributed by atoms with Gasteiger partial charge in [0.25, 0.3) is 15.9 Å². The van der Waals surface area contributed by atoms with Crippen molar-refractivity contribution in [2.75, 3.05) is 10.0 Å². The van der Waals surface area contributed by atoms with Crippen LogP contribution in [0.15, 0.2) is 64.2 Å². The molecule has 2 aromatic carbocycles. The number of hydrogen-bond donors (Lipinski definition) is 2. The maximum absolute atomic E-state index is 13.1. The Morgan fingerprint density at radius 2 is 1.84 bits per heavy atom. The summed E-state index contributed by atoms with van der Waals surface area (Å²) in [7, 11) is -3.70. The highest BCUT2D eigenvalue weighted by Crippen LogP contribution is 2.23. The van der Waals surface area contributed by atoms with E-state index in [-0.39, 0.29) is 26.2 Å². The molecule has 162 valence electrons. The van der Waals surface area contributed by atoms with E-state index in [9.17, 15) is 22.4 Å². The lowest BCUT2D eigenvalue weighted by molar-refractivity contribution is -0.123. The number of rotatable bonds is 7. The van der Waals surface area contributed by atoms with Gasteiger partial charge in [0.05, 0.1) is 16.3 Å². The average Bonchev–Trinajstić information content (AvgIpc) is 3.26. The number of thiophene rings is 1. The average molecular weight is 483 g/mol. The number of esters is 1. The number of carbonyl (C=O) groups excluding carboxylic acids is 2. The topological polar surface area (TPSA) is 102 Å². The molecule has 0 radical (unpaired) electrons. The second-order valence-electron chi connectivity index (χ2n) is 6.28. The maximum Gasteiger partial charge on any atom is 0.338 e. The van der Waals surface area contributed by atoms with Gasteiger partial charge in [-0.3, -0.25) is 9.52 Å². The first-order valence-corrected chi connectivity index (χ1v) is 11.5. The van der Waals surface area contributed by atoms with Crippen molar-refractivity contribution in [1.82, 2.24) is 0 Å². The molecular formula is C20H16ClFN2O5S2. The van der Waals surface area contributed by atoms with Crippen LogP contribution in [0.1, 0.15) is 17.3 Å². The largest absolute Gasteiger partial charge is 0.449 e. The molecule has 31 heavy (non-hydrogen) atoms. The monoisotopic (exact) mass is 482 g/mol. The summed E-state index contributed by atoms with van der Waals surface area (Å²) in [6.45, 7) is 1.37. The van der Waals surface area contributed by atoms with Gasteiger partial charge in [0.2, 0.25) is 0 Å². The highest BCUT2D eigenvalue weighted by Gasteiger charge is 2.20. The molecule has 0 aliphatic carbocycles. The van der Waals surface area contributed by atoms with E-state index in [1.54, 1.807) is 11.4 Å². The maximum atomic E-state index is 13.1. The van der Waals surface area contributed by atoms with E-state index < -0.39 is 33.8 Å².